The zero-order valence-electron chi connectivity index (χ0n) is 15.5. The van der Waals surface area contributed by atoms with Crippen LogP contribution in [-0.2, 0) is 9.47 Å². The molecule has 9 heteroatoms. The largest absolute Gasteiger partial charge is 0.465 e. The summed E-state index contributed by atoms with van der Waals surface area (Å²) >= 11 is 3.34. The van der Waals surface area contributed by atoms with Crippen LogP contribution in [0.2, 0.25) is 0 Å². The van der Waals surface area contributed by atoms with E-state index in [9.17, 15) is 9.59 Å². The number of carbonyl (C=O) groups excluding carboxylic acids is 2. The van der Waals surface area contributed by atoms with Crippen LogP contribution in [-0.4, -0.2) is 36.1 Å². The summed E-state index contributed by atoms with van der Waals surface area (Å²) in [6.45, 7) is 0. The molecule has 0 unspecified atom stereocenters. The van der Waals surface area contributed by atoms with Gasteiger partial charge in [0, 0.05) is 5.69 Å². The summed E-state index contributed by atoms with van der Waals surface area (Å²) in [5.41, 5.74) is 1.37. The highest BCUT2D eigenvalue weighted by atomic mass is 79.9. The highest BCUT2D eigenvalue weighted by molar-refractivity contribution is 9.10. The Morgan fingerprint density at radius 1 is 0.966 bits per heavy atom. The fraction of sp³-hybridized carbons (Fsp3) is 0.100. The molecule has 29 heavy (non-hydrogen) atoms. The minimum Gasteiger partial charge on any atom is -0.465 e. The van der Waals surface area contributed by atoms with Crippen molar-refractivity contribution in [2.75, 3.05) is 19.5 Å². The molecule has 0 amide bonds. The van der Waals surface area contributed by atoms with Crippen LogP contribution in [0.3, 0.4) is 0 Å². The number of methoxy groups -OCH3 is 2. The van der Waals surface area contributed by atoms with Crippen molar-refractivity contribution in [1.29, 1.82) is 0 Å². The van der Waals surface area contributed by atoms with E-state index in [0.29, 0.717) is 21.5 Å². The van der Waals surface area contributed by atoms with E-state index in [0.717, 1.165) is 0 Å². The zero-order valence-corrected chi connectivity index (χ0v) is 17.1. The molecule has 8 nitrogen and oxygen atoms in total. The maximum absolute atomic E-state index is 11.9. The standard InChI is InChI=1S/C20H16BrN3O5/c1-27-18(25)12-7-9-13(10-8-12)23-20-22-11-15(21)17(24-20)29-16-6-4-3-5-14(16)19(26)28-2/h3-11H,1-2H3,(H,22,23,24). The van der Waals surface area contributed by atoms with Crippen molar-refractivity contribution < 1.29 is 23.8 Å². The summed E-state index contributed by atoms with van der Waals surface area (Å²) in [7, 11) is 2.62. The van der Waals surface area contributed by atoms with Crippen molar-refractivity contribution in [1.82, 2.24) is 9.97 Å². The van der Waals surface area contributed by atoms with Gasteiger partial charge in [0.1, 0.15) is 11.3 Å². The Morgan fingerprint density at radius 3 is 2.34 bits per heavy atom. The lowest BCUT2D eigenvalue weighted by atomic mass is 10.2. The molecule has 0 aliphatic heterocycles. The van der Waals surface area contributed by atoms with Crippen LogP contribution >= 0.6 is 15.9 Å². The van der Waals surface area contributed by atoms with Crippen molar-refractivity contribution in [2.24, 2.45) is 0 Å². The molecule has 3 aromatic rings. The van der Waals surface area contributed by atoms with E-state index < -0.39 is 11.9 Å². The highest BCUT2D eigenvalue weighted by Crippen LogP contribution is 2.31. The van der Waals surface area contributed by atoms with Gasteiger partial charge in [-0.05, 0) is 52.3 Å². The third kappa shape index (κ3) is 4.88. The number of para-hydroxylation sites is 1. The van der Waals surface area contributed by atoms with Gasteiger partial charge >= 0.3 is 11.9 Å². The van der Waals surface area contributed by atoms with Crippen molar-refractivity contribution in [3.63, 3.8) is 0 Å². The third-order valence-corrected chi connectivity index (χ3v) is 4.32. The molecule has 1 aromatic heterocycles. The second-order valence-corrected chi connectivity index (χ2v) is 6.48. The Hall–Kier alpha value is -3.46. The summed E-state index contributed by atoms with van der Waals surface area (Å²) in [5, 5.41) is 3.02. The average Bonchev–Trinajstić information content (AvgIpc) is 2.76. The number of nitrogens with zero attached hydrogens (tertiary/aromatic N) is 2. The molecule has 0 aliphatic rings. The van der Waals surface area contributed by atoms with Gasteiger partial charge in [-0.15, -0.1) is 0 Å². The molecule has 0 saturated carbocycles. The van der Waals surface area contributed by atoms with Gasteiger partial charge in [0.05, 0.1) is 30.5 Å². The Balaban J connectivity index is 1.82. The van der Waals surface area contributed by atoms with Gasteiger partial charge in [-0.2, -0.15) is 4.98 Å². The van der Waals surface area contributed by atoms with Gasteiger partial charge in [-0.25, -0.2) is 14.6 Å². The summed E-state index contributed by atoms with van der Waals surface area (Å²) in [5.74, 6) is -0.159. The number of hydrogen-bond acceptors (Lipinski definition) is 8. The Labute approximate surface area is 175 Å². The summed E-state index contributed by atoms with van der Waals surface area (Å²) < 4.78 is 15.8. The number of benzene rings is 2. The van der Waals surface area contributed by atoms with E-state index in [4.69, 9.17) is 9.47 Å². The number of halogens is 1. The highest BCUT2D eigenvalue weighted by Gasteiger charge is 2.15. The maximum Gasteiger partial charge on any atom is 0.341 e. The molecular formula is C20H16BrN3O5. The normalized spacial score (nSPS) is 10.2. The molecule has 148 valence electrons. The predicted octanol–water partition coefficient (Wildman–Crippen LogP) is 4.35. The van der Waals surface area contributed by atoms with Crippen LogP contribution in [0.25, 0.3) is 0 Å². The van der Waals surface area contributed by atoms with E-state index in [-0.39, 0.29) is 17.4 Å². The molecule has 0 aliphatic carbocycles. The molecule has 1 N–H and O–H groups in total. The van der Waals surface area contributed by atoms with E-state index in [1.54, 1.807) is 48.5 Å². The SMILES string of the molecule is COC(=O)c1ccc(Nc2ncc(Br)c(Oc3ccccc3C(=O)OC)n2)cc1. The Kier molecular flexibility index (Phi) is 6.40. The average molecular weight is 458 g/mol. The first-order chi connectivity index (χ1) is 14.0. The molecule has 0 spiro atoms. The summed E-state index contributed by atoms with van der Waals surface area (Å²) in [4.78, 5) is 32.0. The summed E-state index contributed by atoms with van der Waals surface area (Å²) in [6.07, 6.45) is 1.52. The molecule has 1 heterocycles. The maximum atomic E-state index is 11.9. The lowest BCUT2D eigenvalue weighted by molar-refractivity contribution is 0.0590. The number of hydrogen-bond donors (Lipinski definition) is 1. The molecule has 3 rings (SSSR count). The number of rotatable bonds is 6. The van der Waals surface area contributed by atoms with Gasteiger partial charge in [0.2, 0.25) is 11.8 Å². The lowest BCUT2D eigenvalue weighted by Gasteiger charge is -2.12. The smallest absolute Gasteiger partial charge is 0.341 e. The minimum atomic E-state index is -0.519. The summed E-state index contributed by atoms with van der Waals surface area (Å²) in [6, 6.07) is 13.3. The van der Waals surface area contributed by atoms with Crippen molar-refractivity contribution in [3.8, 4) is 11.6 Å². The number of aromatic nitrogens is 2. The van der Waals surface area contributed by atoms with Crippen LogP contribution in [0, 0.1) is 0 Å². The van der Waals surface area contributed by atoms with Gasteiger partial charge in [-0.1, -0.05) is 12.1 Å². The van der Waals surface area contributed by atoms with E-state index >= 15 is 0 Å². The van der Waals surface area contributed by atoms with Gasteiger partial charge in [0.15, 0.2) is 0 Å². The van der Waals surface area contributed by atoms with E-state index in [1.807, 2.05) is 0 Å². The Morgan fingerprint density at radius 2 is 1.66 bits per heavy atom. The number of nitrogens with one attached hydrogen (secondary N) is 1. The second kappa shape index (κ2) is 9.16. The van der Waals surface area contributed by atoms with Gasteiger partial charge in [0.25, 0.3) is 0 Å². The lowest BCUT2D eigenvalue weighted by Crippen LogP contribution is -2.05. The van der Waals surface area contributed by atoms with Crippen molar-refractivity contribution in [3.05, 3.63) is 70.3 Å². The fourth-order valence-corrected chi connectivity index (χ4v) is 2.63. The van der Waals surface area contributed by atoms with Gasteiger partial charge in [-0.3, -0.25) is 0 Å². The van der Waals surface area contributed by atoms with Crippen LogP contribution in [0.15, 0.2) is 59.2 Å². The first-order valence-corrected chi connectivity index (χ1v) is 9.14. The van der Waals surface area contributed by atoms with E-state index in [2.05, 4.69) is 36.0 Å². The van der Waals surface area contributed by atoms with Crippen LogP contribution in [0.4, 0.5) is 11.6 Å². The second-order valence-electron chi connectivity index (χ2n) is 5.63. The molecule has 2 aromatic carbocycles. The van der Waals surface area contributed by atoms with Crippen LogP contribution in [0.1, 0.15) is 20.7 Å². The quantitative estimate of drug-likeness (QED) is 0.545. The van der Waals surface area contributed by atoms with E-state index in [1.165, 1.54) is 20.4 Å². The molecule has 0 atom stereocenters. The minimum absolute atomic E-state index is 0.213. The Bertz CT molecular complexity index is 1040. The fourth-order valence-electron chi connectivity index (χ4n) is 2.36. The molecule has 0 fully saturated rings. The first-order valence-electron chi connectivity index (χ1n) is 8.35. The third-order valence-electron chi connectivity index (χ3n) is 3.77. The number of esters is 2. The van der Waals surface area contributed by atoms with Crippen molar-refractivity contribution in [2.45, 2.75) is 0 Å². The monoisotopic (exact) mass is 457 g/mol. The topological polar surface area (TPSA) is 99.6 Å². The first kappa shape index (κ1) is 20.3. The molecule has 0 bridgehead atoms. The van der Waals surface area contributed by atoms with Gasteiger partial charge < -0.3 is 19.5 Å². The number of ether oxygens (including phenoxy) is 3. The number of anilines is 2. The number of carbonyl (C=O) groups is 2. The molecular weight excluding hydrogens is 442 g/mol. The van der Waals surface area contributed by atoms with Crippen LogP contribution < -0.4 is 10.1 Å². The van der Waals surface area contributed by atoms with Crippen LogP contribution in [0.5, 0.6) is 11.6 Å². The van der Waals surface area contributed by atoms with Crippen molar-refractivity contribution >= 4 is 39.5 Å². The zero-order chi connectivity index (χ0) is 20.8. The molecule has 0 radical (unpaired) electrons. The predicted molar refractivity (Wildman–Crippen MR) is 109 cm³/mol. The molecule has 0 saturated heterocycles.